The summed E-state index contributed by atoms with van der Waals surface area (Å²) in [5, 5.41) is 3.03. The van der Waals surface area contributed by atoms with Crippen LogP contribution in [0.2, 0.25) is 0 Å². The average Bonchev–Trinajstić information content (AvgIpc) is 2.63. The first-order chi connectivity index (χ1) is 5.92. The summed E-state index contributed by atoms with van der Waals surface area (Å²) in [4.78, 5) is 12.8. The third kappa shape index (κ3) is 0.571. The summed E-state index contributed by atoms with van der Waals surface area (Å²) in [5.74, 6) is 0. The van der Waals surface area contributed by atoms with Crippen LogP contribution in [0.3, 0.4) is 0 Å². The van der Waals surface area contributed by atoms with E-state index in [0.29, 0.717) is 0 Å². The molecule has 0 aromatic carbocycles. The molecule has 0 aromatic rings. The van der Waals surface area contributed by atoms with E-state index < -0.39 is 0 Å². The van der Waals surface area contributed by atoms with Crippen molar-refractivity contribution in [3.05, 3.63) is 23.3 Å². The van der Waals surface area contributed by atoms with E-state index in [9.17, 15) is 0 Å². The van der Waals surface area contributed by atoms with Crippen molar-refractivity contribution in [3.8, 4) is 0 Å². The zero-order valence-corrected chi connectivity index (χ0v) is 6.95. The number of rotatable bonds is 0. The summed E-state index contributed by atoms with van der Waals surface area (Å²) < 4.78 is 0. The SMILES string of the molecule is C1=CC23N=CC=C2N=CN=C3S1. The molecule has 3 heterocycles. The van der Waals surface area contributed by atoms with Crippen LogP contribution in [0.4, 0.5) is 0 Å². The standard InChI is InChI=1S/C8H5N3S/c1-3-11-8-2-4-12-7(8)10-5-9-6(1)8/h1-5H. The van der Waals surface area contributed by atoms with Crippen molar-refractivity contribution in [3.63, 3.8) is 0 Å². The Balaban J connectivity index is 2.28. The molecule has 1 unspecified atom stereocenters. The van der Waals surface area contributed by atoms with Crippen molar-refractivity contribution >= 4 is 29.4 Å². The lowest BCUT2D eigenvalue weighted by Crippen LogP contribution is -2.31. The van der Waals surface area contributed by atoms with Crippen LogP contribution in [0.5, 0.6) is 0 Å². The second-order valence-corrected chi connectivity index (χ2v) is 3.59. The lowest BCUT2D eigenvalue weighted by atomic mass is 9.99. The fraction of sp³-hybridized carbons (Fsp3) is 0.125. The van der Waals surface area contributed by atoms with E-state index in [4.69, 9.17) is 0 Å². The fourth-order valence-corrected chi connectivity index (χ4v) is 2.39. The van der Waals surface area contributed by atoms with Crippen LogP contribution >= 0.6 is 11.8 Å². The van der Waals surface area contributed by atoms with Gasteiger partial charge in [-0.25, -0.2) is 9.98 Å². The topological polar surface area (TPSA) is 37.1 Å². The molecule has 0 radical (unpaired) electrons. The smallest absolute Gasteiger partial charge is 0.170 e. The molecule has 3 nitrogen and oxygen atoms in total. The Hall–Kier alpha value is -1.16. The Morgan fingerprint density at radius 2 is 2.42 bits per heavy atom. The predicted octanol–water partition coefficient (Wildman–Crippen LogP) is 1.39. The maximum absolute atomic E-state index is 4.38. The monoisotopic (exact) mass is 175 g/mol. The largest absolute Gasteiger partial charge is 0.269 e. The first-order valence-corrected chi connectivity index (χ1v) is 4.51. The summed E-state index contributed by atoms with van der Waals surface area (Å²) in [5.41, 5.74) is 0.646. The first kappa shape index (κ1) is 6.37. The molecule has 1 atom stereocenters. The van der Waals surface area contributed by atoms with Gasteiger partial charge in [0.05, 0.1) is 5.70 Å². The van der Waals surface area contributed by atoms with E-state index in [1.807, 2.05) is 17.6 Å². The van der Waals surface area contributed by atoms with Gasteiger partial charge in [0.25, 0.3) is 0 Å². The van der Waals surface area contributed by atoms with Crippen LogP contribution in [0.15, 0.2) is 38.2 Å². The Morgan fingerprint density at radius 3 is 3.42 bits per heavy atom. The van der Waals surface area contributed by atoms with Crippen molar-refractivity contribution in [2.24, 2.45) is 15.0 Å². The zero-order chi connectivity index (χ0) is 8.02. The minimum Gasteiger partial charge on any atom is -0.269 e. The minimum atomic E-state index is -0.334. The highest BCUT2D eigenvalue weighted by atomic mass is 32.2. The van der Waals surface area contributed by atoms with Gasteiger partial charge in [-0.15, -0.1) is 0 Å². The molecule has 58 valence electrons. The minimum absolute atomic E-state index is 0.334. The van der Waals surface area contributed by atoms with Gasteiger partial charge in [-0.3, -0.25) is 4.99 Å². The van der Waals surface area contributed by atoms with Gasteiger partial charge in [0.2, 0.25) is 0 Å². The summed E-state index contributed by atoms with van der Waals surface area (Å²) in [6, 6.07) is 0. The van der Waals surface area contributed by atoms with Crippen molar-refractivity contribution < 1.29 is 0 Å². The normalized spacial score (nSPS) is 34.7. The van der Waals surface area contributed by atoms with Gasteiger partial charge >= 0.3 is 0 Å². The average molecular weight is 175 g/mol. The molecule has 1 spiro atoms. The maximum Gasteiger partial charge on any atom is 0.170 e. The van der Waals surface area contributed by atoms with Crippen LogP contribution in [-0.4, -0.2) is 23.1 Å². The Bertz CT molecular complexity index is 389. The molecule has 12 heavy (non-hydrogen) atoms. The van der Waals surface area contributed by atoms with Crippen LogP contribution in [0.1, 0.15) is 0 Å². The number of thioether (sulfide) groups is 1. The second-order valence-electron chi connectivity index (χ2n) is 2.70. The molecule has 4 heteroatoms. The summed E-state index contributed by atoms with van der Waals surface area (Å²) >= 11 is 1.62. The fourth-order valence-electron chi connectivity index (χ4n) is 1.48. The Morgan fingerprint density at radius 1 is 1.42 bits per heavy atom. The van der Waals surface area contributed by atoms with E-state index in [-0.39, 0.29) is 5.54 Å². The lowest BCUT2D eigenvalue weighted by molar-refractivity contribution is 0.836. The molecule has 0 aromatic heterocycles. The van der Waals surface area contributed by atoms with Gasteiger partial charge in [-0.05, 0) is 17.6 Å². The van der Waals surface area contributed by atoms with E-state index in [0.717, 1.165) is 10.7 Å². The molecule has 0 aliphatic carbocycles. The van der Waals surface area contributed by atoms with Gasteiger partial charge < -0.3 is 0 Å². The molecular weight excluding hydrogens is 170 g/mol. The van der Waals surface area contributed by atoms with Crippen molar-refractivity contribution in [1.29, 1.82) is 0 Å². The molecule has 0 bridgehead atoms. The number of hydrogen-bond donors (Lipinski definition) is 0. The first-order valence-electron chi connectivity index (χ1n) is 3.63. The van der Waals surface area contributed by atoms with Gasteiger partial charge in [-0.1, -0.05) is 11.8 Å². The third-order valence-electron chi connectivity index (χ3n) is 2.09. The third-order valence-corrected chi connectivity index (χ3v) is 3.00. The van der Waals surface area contributed by atoms with E-state index in [1.54, 1.807) is 24.3 Å². The van der Waals surface area contributed by atoms with Gasteiger partial charge in [0.1, 0.15) is 11.4 Å². The second kappa shape index (κ2) is 1.95. The van der Waals surface area contributed by atoms with Gasteiger partial charge in [-0.2, -0.15) is 0 Å². The highest BCUT2D eigenvalue weighted by Gasteiger charge is 2.43. The number of hydrogen-bond acceptors (Lipinski definition) is 4. The van der Waals surface area contributed by atoms with Crippen molar-refractivity contribution in [1.82, 2.24) is 0 Å². The quantitative estimate of drug-likeness (QED) is 0.548. The predicted molar refractivity (Wildman–Crippen MR) is 52.0 cm³/mol. The van der Waals surface area contributed by atoms with Crippen molar-refractivity contribution in [2.45, 2.75) is 5.54 Å². The Kier molecular flexibility index (Phi) is 1.04. The molecule has 3 rings (SSSR count). The molecular formula is C8H5N3S. The van der Waals surface area contributed by atoms with E-state index in [1.165, 1.54) is 0 Å². The zero-order valence-electron chi connectivity index (χ0n) is 6.14. The molecule has 0 amide bonds. The summed E-state index contributed by atoms with van der Waals surface area (Å²) in [6.07, 6.45) is 7.36. The number of aliphatic imine (C=N–C) groups is 3. The molecule has 3 aliphatic rings. The highest BCUT2D eigenvalue weighted by Crippen LogP contribution is 2.41. The molecule has 0 fully saturated rings. The number of nitrogens with zero attached hydrogens (tertiary/aromatic N) is 3. The van der Waals surface area contributed by atoms with E-state index in [2.05, 4.69) is 15.0 Å². The lowest BCUT2D eigenvalue weighted by Gasteiger charge is -2.21. The van der Waals surface area contributed by atoms with Crippen molar-refractivity contribution in [2.75, 3.05) is 0 Å². The molecule has 0 saturated heterocycles. The summed E-state index contributed by atoms with van der Waals surface area (Å²) in [6.45, 7) is 0. The van der Waals surface area contributed by atoms with Crippen LogP contribution in [0.25, 0.3) is 0 Å². The molecule has 0 N–H and O–H groups in total. The van der Waals surface area contributed by atoms with E-state index >= 15 is 0 Å². The molecule has 0 saturated carbocycles. The van der Waals surface area contributed by atoms with Gasteiger partial charge in [0.15, 0.2) is 5.54 Å². The van der Waals surface area contributed by atoms with Crippen LogP contribution in [-0.2, 0) is 0 Å². The van der Waals surface area contributed by atoms with Crippen LogP contribution in [0, 0.1) is 0 Å². The maximum atomic E-state index is 4.38. The molecule has 3 aliphatic heterocycles. The number of allylic oxidation sites excluding steroid dienone is 1. The Labute approximate surface area is 73.7 Å². The summed E-state index contributed by atoms with van der Waals surface area (Å²) in [7, 11) is 0. The van der Waals surface area contributed by atoms with Gasteiger partial charge in [0, 0.05) is 6.21 Å². The highest BCUT2D eigenvalue weighted by molar-refractivity contribution is 8.17. The van der Waals surface area contributed by atoms with Crippen LogP contribution < -0.4 is 0 Å².